The second-order valence-corrected chi connectivity index (χ2v) is 4.83. The Hall–Kier alpha value is -1.69. The molecule has 1 aliphatic rings. The Kier molecular flexibility index (Phi) is 2.74. The first kappa shape index (κ1) is 11.8. The Morgan fingerprint density at radius 2 is 1.82 bits per heavy atom. The van der Waals surface area contributed by atoms with Gasteiger partial charge in [-0.3, -0.25) is 4.90 Å². The highest BCUT2D eigenvalue weighted by atomic mass is 32.1. The van der Waals surface area contributed by atoms with Crippen LogP contribution in [0.2, 0.25) is 0 Å². The molecule has 1 N–H and O–H groups in total. The number of carbonyl (C=O) groups excluding carboxylic acids is 2. The first-order valence-electron chi connectivity index (χ1n) is 5.11. The molecule has 0 bridgehead atoms. The molecule has 6 heteroatoms. The molecule has 0 spiro atoms. The zero-order valence-electron chi connectivity index (χ0n) is 9.54. The largest absolute Gasteiger partial charge is 0.334 e. The number of hydrogen-bond donors (Lipinski definition) is 2. The first-order chi connectivity index (χ1) is 7.93. The van der Waals surface area contributed by atoms with E-state index in [1.807, 2.05) is 18.2 Å². The van der Waals surface area contributed by atoms with Crippen LogP contribution in [0.4, 0.5) is 15.3 Å². The van der Waals surface area contributed by atoms with Crippen molar-refractivity contribution >= 4 is 30.4 Å². The van der Waals surface area contributed by atoms with Gasteiger partial charge in [0.2, 0.25) is 0 Å². The molecule has 1 unspecified atom stereocenters. The van der Waals surface area contributed by atoms with E-state index in [1.54, 1.807) is 19.1 Å². The predicted octanol–water partition coefficient (Wildman–Crippen LogP) is 1.87. The van der Waals surface area contributed by atoms with E-state index < -0.39 is 17.1 Å². The predicted molar refractivity (Wildman–Crippen MR) is 68.0 cm³/mol. The fourth-order valence-corrected chi connectivity index (χ4v) is 2.00. The van der Waals surface area contributed by atoms with Crippen LogP contribution in [-0.2, 0) is 0 Å². The van der Waals surface area contributed by atoms with Gasteiger partial charge in [0.1, 0.15) is 0 Å². The van der Waals surface area contributed by atoms with E-state index in [-0.39, 0.29) is 0 Å². The van der Waals surface area contributed by atoms with Gasteiger partial charge < -0.3 is 5.32 Å². The van der Waals surface area contributed by atoms with Crippen LogP contribution in [0.1, 0.15) is 6.92 Å². The number of rotatable bonds is 1. The van der Waals surface area contributed by atoms with E-state index in [2.05, 4.69) is 17.9 Å². The van der Waals surface area contributed by atoms with Gasteiger partial charge in [-0.05, 0) is 19.1 Å². The summed E-state index contributed by atoms with van der Waals surface area (Å²) in [4.78, 5) is 25.0. The number of amides is 4. The number of hydrogen-bond acceptors (Lipinski definition) is 3. The van der Waals surface area contributed by atoms with Gasteiger partial charge >= 0.3 is 12.1 Å². The summed E-state index contributed by atoms with van der Waals surface area (Å²) in [6.45, 7) is 1.66. The second-order valence-electron chi connectivity index (χ2n) is 3.96. The molecule has 1 aromatic rings. The number of imide groups is 1. The topological polar surface area (TPSA) is 52.7 Å². The van der Waals surface area contributed by atoms with Crippen molar-refractivity contribution in [1.82, 2.24) is 10.2 Å². The molecule has 1 heterocycles. The third-order valence-corrected chi connectivity index (χ3v) is 2.89. The molecule has 17 heavy (non-hydrogen) atoms. The van der Waals surface area contributed by atoms with Crippen molar-refractivity contribution in [2.45, 2.75) is 11.9 Å². The second kappa shape index (κ2) is 3.96. The molecule has 0 aliphatic carbocycles. The zero-order chi connectivity index (χ0) is 12.6. The maximum absolute atomic E-state index is 12.1. The average Bonchev–Trinajstić information content (AvgIpc) is 2.27. The van der Waals surface area contributed by atoms with Crippen LogP contribution in [0, 0.1) is 0 Å². The van der Waals surface area contributed by atoms with E-state index in [4.69, 9.17) is 0 Å². The summed E-state index contributed by atoms with van der Waals surface area (Å²) in [6, 6.07) is 8.22. The molecular formula is C11H13N3O2S. The molecule has 0 radical (unpaired) electrons. The van der Waals surface area contributed by atoms with Crippen LogP contribution >= 0.6 is 12.6 Å². The van der Waals surface area contributed by atoms with Crippen molar-refractivity contribution < 1.29 is 9.59 Å². The normalized spacial score (nSPS) is 24.9. The zero-order valence-corrected chi connectivity index (χ0v) is 10.4. The van der Waals surface area contributed by atoms with E-state index in [0.29, 0.717) is 5.69 Å². The van der Waals surface area contributed by atoms with Crippen LogP contribution in [0.5, 0.6) is 0 Å². The monoisotopic (exact) mass is 251 g/mol. The van der Waals surface area contributed by atoms with Gasteiger partial charge in [-0.25, -0.2) is 14.5 Å². The van der Waals surface area contributed by atoms with E-state index in [1.165, 1.54) is 11.9 Å². The Morgan fingerprint density at radius 3 is 2.41 bits per heavy atom. The standard InChI is InChI=1S/C11H13N3O2S/c1-11(17)12-9(15)13(2)10(16)14(11)8-6-4-3-5-7-8/h3-7,17H,1-2H3,(H,12,15). The van der Waals surface area contributed by atoms with Crippen LogP contribution in [0.15, 0.2) is 30.3 Å². The lowest BCUT2D eigenvalue weighted by Crippen LogP contribution is -2.68. The summed E-state index contributed by atoms with van der Waals surface area (Å²) in [7, 11) is 1.43. The molecule has 1 saturated heterocycles. The van der Waals surface area contributed by atoms with Crippen LogP contribution in [0.25, 0.3) is 0 Å². The smallest absolute Gasteiger partial charge is 0.306 e. The van der Waals surface area contributed by atoms with Gasteiger partial charge in [0, 0.05) is 12.7 Å². The molecule has 0 saturated carbocycles. The fraction of sp³-hybridized carbons (Fsp3) is 0.273. The molecule has 5 nitrogen and oxygen atoms in total. The maximum atomic E-state index is 12.1. The van der Waals surface area contributed by atoms with E-state index >= 15 is 0 Å². The maximum Gasteiger partial charge on any atom is 0.334 e. The van der Waals surface area contributed by atoms with Crippen molar-refractivity contribution in [1.29, 1.82) is 0 Å². The van der Waals surface area contributed by atoms with E-state index in [9.17, 15) is 9.59 Å². The van der Waals surface area contributed by atoms with Crippen molar-refractivity contribution in [3.63, 3.8) is 0 Å². The molecule has 90 valence electrons. The minimum absolute atomic E-state index is 0.405. The van der Waals surface area contributed by atoms with Crippen molar-refractivity contribution in [3.05, 3.63) is 30.3 Å². The molecule has 1 fully saturated rings. The third kappa shape index (κ3) is 1.95. The van der Waals surface area contributed by atoms with Crippen LogP contribution in [-0.4, -0.2) is 29.0 Å². The van der Waals surface area contributed by atoms with Crippen molar-refractivity contribution in [3.8, 4) is 0 Å². The highest BCUT2D eigenvalue weighted by Crippen LogP contribution is 2.29. The van der Waals surface area contributed by atoms with Gasteiger partial charge in [0.25, 0.3) is 0 Å². The number of benzene rings is 1. The number of thiol groups is 1. The van der Waals surface area contributed by atoms with Crippen LogP contribution < -0.4 is 10.2 Å². The lowest BCUT2D eigenvalue weighted by Gasteiger charge is -2.44. The SMILES string of the molecule is CN1C(=O)NC(C)(S)N(c2ccccc2)C1=O. The Bertz CT molecular complexity index is 461. The minimum atomic E-state index is -1.04. The Labute approximate surface area is 105 Å². The fourth-order valence-electron chi connectivity index (χ4n) is 1.70. The number of carbonyl (C=O) groups is 2. The third-order valence-electron chi connectivity index (χ3n) is 2.58. The Morgan fingerprint density at radius 1 is 1.24 bits per heavy atom. The molecule has 4 amide bonds. The molecule has 0 aromatic heterocycles. The molecule has 1 atom stereocenters. The lowest BCUT2D eigenvalue weighted by molar-refractivity contribution is 0.181. The molecular weight excluding hydrogens is 238 g/mol. The summed E-state index contributed by atoms with van der Waals surface area (Å²) >= 11 is 4.33. The number of nitrogens with zero attached hydrogens (tertiary/aromatic N) is 2. The summed E-state index contributed by atoms with van der Waals surface area (Å²) in [5, 5.41) is 2.64. The van der Waals surface area contributed by atoms with Gasteiger partial charge in [0.05, 0.1) is 0 Å². The summed E-state index contributed by atoms with van der Waals surface area (Å²) in [6.07, 6.45) is 0. The summed E-state index contributed by atoms with van der Waals surface area (Å²) in [5.74, 6) is 0. The number of nitrogens with one attached hydrogen (secondary N) is 1. The van der Waals surface area contributed by atoms with Crippen LogP contribution in [0.3, 0.4) is 0 Å². The van der Waals surface area contributed by atoms with Crippen molar-refractivity contribution in [2.24, 2.45) is 0 Å². The quantitative estimate of drug-likeness (QED) is 0.749. The van der Waals surface area contributed by atoms with Crippen molar-refractivity contribution in [2.75, 3.05) is 11.9 Å². The number of para-hydroxylation sites is 1. The average molecular weight is 251 g/mol. The highest BCUT2D eigenvalue weighted by Gasteiger charge is 2.43. The first-order valence-corrected chi connectivity index (χ1v) is 5.55. The summed E-state index contributed by atoms with van der Waals surface area (Å²) < 4.78 is 0. The van der Waals surface area contributed by atoms with Gasteiger partial charge in [-0.1, -0.05) is 18.2 Å². The molecule has 1 aromatic carbocycles. The minimum Gasteiger partial charge on any atom is -0.306 e. The van der Waals surface area contributed by atoms with Gasteiger partial charge in [0.15, 0.2) is 4.99 Å². The number of anilines is 1. The van der Waals surface area contributed by atoms with Gasteiger partial charge in [-0.15, -0.1) is 12.6 Å². The number of urea groups is 2. The highest BCUT2D eigenvalue weighted by molar-refractivity contribution is 7.82. The lowest BCUT2D eigenvalue weighted by atomic mass is 10.2. The molecule has 2 rings (SSSR count). The summed E-state index contributed by atoms with van der Waals surface area (Å²) in [5.41, 5.74) is 0.682. The van der Waals surface area contributed by atoms with Gasteiger partial charge in [-0.2, -0.15) is 0 Å². The molecule has 1 aliphatic heterocycles. The van der Waals surface area contributed by atoms with E-state index in [0.717, 1.165) is 4.90 Å². The Balaban J connectivity index is 2.44.